The second-order valence-corrected chi connectivity index (χ2v) is 13.6. The first-order valence-corrected chi connectivity index (χ1v) is 15.1. The Morgan fingerprint density at radius 1 is 1.00 bits per heavy atom. The zero-order chi connectivity index (χ0) is 24.6. The summed E-state index contributed by atoms with van der Waals surface area (Å²) in [5.74, 6) is 0.556. The number of ether oxygens (including phenoxy) is 2. The Labute approximate surface area is 212 Å². The Bertz CT molecular complexity index is 1020. The predicted octanol–water partition coefficient (Wildman–Crippen LogP) is 5.02. The van der Waals surface area contributed by atoms with E-state index in [-0.39, 0.29) is 11.3 Å². The highest BCUT2D eigenvalue weighted by atomic mass is 31.1. The minimum atomic E-state index is -0.842. The standard InChI is InChI=1S/C29H42NO4P/c1-26-17-22(19-5-7-20(8-6-19)30(2)3)25-21(23(26)11-14-29(26,32)35-4)9-12-27(31)18-28(13-10-24(25)27)33-15-16-34-28/h5-8,21-23,31-32,35H,9-18H2,1-4H3/t21-,22+,23-,26-,27+,29+/m0/s1. The molecule has 0 radical (unpaired) electrons. The Morgan fingerprint density at radius 2 is 1.71 bits per heavy atom. The molecule has 5 aliphatic rings. The van der Waals surface area contributed by atoms with Crippen LogP contribution in [0.15, 0.2) is 35.4 Å². The summed E-state index contributed by atoms with van der Waals surface area (Å²) in [5.41, 5.74) is 4.36. The van der Waals surface area contributed by atoms with E-state index in [1.807, 2.05) is 0 Å². The maximum atomic E-state index is 12.1. The fourth-order valence-corrected chi connectivity index (χ4v) is 9.99. The molecule has 0 bridgehead atoms. The second-order valence-electron chi connectivity index (χ2n) is 12.3. The van der Waals surface area contributed by atoms with Crippen LogP contribution in [0, 0.1) is 17.3 Å². The van der Waals surface area contributed by atoms with Gasteiger partial charge in [-0.2, -0.15) is 0 Å². The van der Waals surface area contributed by atoms with Crippen molar-refractivity contribution in [2.24, 2.45) is 17.3 Å². The van der Waals surface area contributed by atoms with Gasteiger partial charge < -0.3 is 24.6 Å². The monoisotopic (exact) mass is 499 g/mol. The minimum absolute atomic E-state index is 0.0944. The summed E-state index contributed by atoms with van der Waals surface area (Å²) in [7, 11) is 4.69. The minimum Gasteiger partial charge on any atom is -0.385 e. The Morgan fingerprint density at radius 3 is 2.37 bits per heavy atom. The molecule has 3 saturated carbocycles. The van der Waals surface area contributed by atoms with Crippen molar-refractivity contribution in [3.05, 3.63) is 41.0 Å². The number of anilines is 1. The number of rotatable bonds is 3. The molecular weight excluding hydrogens is 457 g/mol. The molecule has 1 aliphatic heterocycles. The Kier molecular flexibility index (Phi) is 5.76. The molecule has 2 N–H and O–H groups in total. The van der Waals surface area contributed by atoms with Crippen LogP contribution < -0.4 is 4.90 Å². The molecule has 4 aliphatic carbocycles. The molecule has 0 aromatic heterocycles. The second kappa shape index (κ2) is 8.27. The van der Waals surface area contributed by atoms with E-state index in [9.17, 15) is 10.2 Å². The highest BCUT2D eigenvalue weighted by Gasteiger charge is 2.64. The number of allylic oxidation sites excluding steroid dienone is 1. The summed E-state index contributed by atoms with van der Waals surface area (Å²) in [5, 5.41) is 23.4. The summed E-state index contributed by atoms with van der Waals surface area (Å²) in [6.07, 6.45) is 6.95. The van der Waals surface area contributed by atoms with E-state index in [0.29, 0.717) is 40.1 Å². The third-order valence-corrected chi connectivity index (χ3v) is 12.3. The maximum Gasteiger partial charge on any atom is 0.171 e. The highest BCUT2D eigenvalue weighted by molar-refractivity contribution is 7.38. The van der Waals surface area contributed by atoms with Crippen molar-refractivity contribution in [3.8, 4) is 0 Å². The van der Waals surface area contributed by atoms with E-state index < -0.39 is 16.7 Å². The van der Waals surface area contributed by atoms with Crippen molar-refractivity contribution >= 4 is 14.3 Å². The summed E-state index contributed by atoms with van der Waals surface area (Å²) in [4.78, 5) is 2.14. The molecule has 6 rings (SSSR count). The van der Waals surface area contributed by atoms with E-state index in [1.165, 1.54) is 22.4 Å². The topological polar surface area (TPSA) is 62.2 Å². The SMILES string of the molecule is CP[C@]1(O)CC[C@H]2[C@@H]3CC[C@@]4(O)CC5(CCC4=C3[C@@H](c3ccc(N(C)C)cc3)C[C@@]21C)OCCO5. The van der Waals surface area contributed by atoms with Crippen LogP contribution in [0.3, 0.4) is 0 Å². The Hall–Kier alpha value is -0.970. The molecule has 1 aromatic carbocycles. The molecule has 5 nitrogen and oxygen atoms in total. The number of fused-ring (bicyclic) bond motifs is 4. The molecule has 7 atom stereocenters. The smallest absolute Gasteiger partial charge is 0.171 e. The molecule has 1 saturated heterocycles. The molecule has 0 amide bonds. The quantitative estimate of drug-likeness (QED) is 0.452. The van der Waals surface area contributed by atoms with Crippen LogP contribution in [0.5, 0.6) is 0 Å². The van der Waals surface area contributed by atoms with Crippen molar-refractivity contribution in [3.63, 3.8) is 0 Å². The van der Waals surface area contributed by atoms with Crippen LogP contribution in [-0.4, -0.2) is 60.9 Å². The number of nitrogens with zero attached hydrogens (tertiary/aromatic N) is 1. The molecule has 6 heteroatoms. The Balaban J connectivity index is 1.47. The zero-order valence-electron chi connectivity index (χ0n) is 21.8. The van der Waals surface area contributed by atoms with Gasteiger partial charge in [0.1, 0.15) is 0 Å². The summed E-state index contributed by atoms with van der Waals surface area (Å²) in [6, 6.07) is 9.02. The number of benzene rings is 1. The van der Waals surface area contributed by atoms with Gasteiger partial charge in [-0.25, -0.2) is 0 Å². The summed E-state index contributed by atoms with van der Waals surface area (Å²) >= 11 is 0. The molecule has 35 heavy (non-hydrogen) atoms. The normalized spacial score (nSPS) is 42.4. The molecule has 4 fully saturated rings. The van der Waals surface area contributed by atoms with Crippen LogP contribution in [0.25, 0.3) is 0 Å². The van der Waals surface area contributed by atoms with Gasteiger partial charge in [-0.3, -0.25) is 0 Å². The number of aliphatic hydroxyl groups is 2. The predicted molar refractivity (Wildman–Crippen MR) is 141 cm³/mol. The lowest BCUT2D eigenvalue weighted by Crippen LogP contribution is -2.54. The van der Waals surface area contributed by atoms with Crippen molar-refractivity contribution in [1.82, 2.24) is 0 Å². The fraction of sp³-hybridized carbons (Fsp3) is 0.724. The molecular formula is C29H42NO4P. The lowest BCUT2D eigenvalue weighted by Gasteiger charge is -2.57. The van der Waals surface area contributed by atoms with E-state index in [0.717, 1.165) is 44.9 Å². The van der Waals surface area contributed by atoms with Crippen LogP contribution in [0.2, 0.25) is 0 Å². The molecule has 1 aromatic rings. The van der Waals surface area contributed by atoms with E-state index in [4.69, 9.17) is 9.47 Å². The average Bonchev–Trinajstić information content (AvgIpc) is 3.39. The van der Waals surface area contributed by atoms with E-state index in [1.54, 1.807) is 0 Å². The summed E-state index contributed by atoms with van der Waals surface area (Å²) in [6.45, 7) is 5.81. The van der Waals surface area contributed by atoms with Crippen LogP contribution in [-0.2, 0) is 9.47 Å². The van der Waals surface area contributed by atoms with Gasteiger partial charge >= 0.3 is 0 Å². The number of hydrogen-bond acceptors (Lipinski definition) is 5. The largest absolute Gasteiger partial charge is 0.385 e. The van der Waals surface area contributed by atoms with Gasteiger partial charge in [0.2, 0.25) is 0 Å². The lowest BCUT2D eigenvalue weighted by atomic mass is 9.51. The van der Waals surface area contributed by atoms with Crippen LogP contribution in [0.4, 0.5) is 5.69 Å². The van der Waals surface area contributed by atoms with Crippen LogP contribution >= 0.6 is 8.58 Å². The first kappa shape index (κ1) is 24.4. The lowest BCUT2D eigenvalue weighted by molar-refractivity contribution is -0.208. The van der Waals surface area contributed by atoms with Crippen molar-refractivity contribution in [1.29, 1.82) is 0 Å². The fourth-order valence-electron chi connectivity index (χ4n) is 8.73. The van der Waals surface area contributed by atoms with Gasteiger partial charge in [0.25, 0.3) is 0 Å². The van der Waals surface area contributed by atoms with Gasteiger partial charge in [-0.15, -0.1) is 0 Å². The summed E-state index contributed by atoms with van der Waals surface area (Å²) < 4.78 is 12.1. The van der Waals surface area contributed by atoms with Gasteiger partial charge in [0.15, 0.2) is 5.79 Å². The number of hydrogen-bond donors (Lipinski definition) is 2. The van der Waals surface area contributed by atoms with Gasteiger partial charge in [-0.1, -0.05) is 33.2 Å². The molecule has 1 unspecified atom stereocenters. The van der Waals surface area contributed by atoms with Crippen LogP contribution in [0.1, 0.15) is 69.8 Å². The van der Waals surface area contributed by atoms with Gasteiger partial charge in [-0.05, 0) is 80.3 Å². The van der Waals surface area contributed by atoms with E-state index >= 15 is 0 Å². The average molecular weight is 500 g/mol. The van der Waals surface area contributed by atoms with Crippen molar-refractivity contribution in [2.75, 3.05) is 38.9 Å². The zero-order valence-corrected chi connectivity index (χ0v) is 22.8. The third-order valence-electron chi connectivity index (χ3n) is 10.6. The van der Waals surface area contributed by atoms with Crippen molar-refractivity contribution < 1.29 is 19.7 Å². The first-order valence-electron chi connectivity index (χ1n) is 13.6. The molecule has 1 spiro atoms. The molecule has 1 heterocycles. The van der Waals surface area contributed by atoms with Gasteiger partial charge in [0, 0.05) is 44.0 Å². The maximum absolute atomic E-state index is 12.1. The van der Waals surface area contributed by atoms with Crippen molar-refractivity contribution in [2.45, 2.75) is 80.9 Å². The first-order chi connectivity index (χ1) is 16.6. The molecule has 192 valence electrons. The van der Waals surface area contributed by atoms with Gasteiger partial charge in [0.05, 0.1) is 24.2 Å². The highest BCUT2D eigenvalue weighted by Crippen LogP contribution is 2.70. The third kappa shape index (κ3) is 3.52. The van der Waals surface area contributed by atoms with E-state index in [2.05, 4.69) is 56.8 Å².